The molecule has 0 aromatic carbocycles. The predicted molar refractivity (Wildman–Crippen MR) is 30.7 cm³/mol. The van der Waals surface area contributed by atoms with Crippen molar-refractivity contribution in [1.82, 2.24) is 10.3 Å². The van der Waals surface area contributed by atoms with Gasteiger partial charge in [0.05, 0.1) is 0 Å². The minimum Gasteiger partial charge on any atom is -0.308 e. The molecule has 0 heterocycles. The van der Waals surface area contributed by atoms with Crippen LogP contribution in [0.1, 0.15) is 0 Å². The quantitative estimate of drug-likeness (QED) is 0.356. The fourth-order valence-electron chi connectivity index (χ4n) is 0.288. The Bertz CT molecular complexity index is 35.9. The van der Waals surface area contributed by atoms with Crippen LogP contribution in [0.5, 0.6) is 0 Å². The van der Waals surface area contributed by atoms with Crippen LogP contribution in [-0.2, 0) is 0 Å². The molecule has 3 nitrogen and oxygen atoms in total. The summed E-state index contributed by atoms with van der Waals surface area (Å²) in [5, 5.41) is 0. The van der Waals surface area contributed by atoms with Crippen LogP contribution in [0, 0.1) is 0 Å². The number of rotatable bonds is 3. The Morgan fingerprint density at radius 3 is 2.29 bits per heavy atom. The molecule has 44 valence electrons. The van der Waals surface area contributed by atoms with Gasteiger partial charge in [-0.2, -0.15) is 0 Å². The van der Waals surface area contributed by atoms with Crippen molar-refractivity contribution in [2.45, 2.75) is 0 Å². The Hall–Kier alpha value is -0.120. The zero-order chi connectivity index (χ0) is 5.70. The van der Waals surface area contributed by atoms with Crippen molar-refractivity contribution in [3.8, 4) is 0 Å². The molecule has 0 fully saturated rings. The third-order valence-corrected chi connectivity index (χ3v) is 0.703. The van der Waals surface area contributed by atoms with Crippen LogP contribution in [0.2, 0.25) is 0 Å². The lowest BCUT2D eigenvalue weighted by atomic mass is 10.6. The molecule has 0 bridgehead atoms. The number of nitrogens with zero attached hydrogens (tertiary/aromatic N) is 1. The van der Waals surface area contributed by atoms with Gasteiger partial charge in [-0.1, -0.05) is 0 Å². The van der Waals surface area contributed by atoms with Crippen molar-refractivity contribution in [2.24, 2.45) is 5.84 Å². The molecular formula is C4H13N3. The highest BCUT2D eigenvalue weighted by atomic mass is 15.2. The first-order valence-electron chi connectivity index (χ1n) is 2.35. The van der Waals surface area contributed by atoms with Gasteiger partial charge in [0.1, 0.15) is 0 Å². The Morgan fingerprint density at radius 1 is 1.57 bits per heavy atom. The van der Waals surface area contributed by atoms with Gasteiger partial charge in [0.2, 0.25) is 0 Å². The third-order valence-electron chi connectivity index (χ3n) is 0.703. The second-order valence-electron chi connectivity index (χ2n) is 1.76. The predicted octanol–water partition coefficient (Wildman–Crippen LogP) is -0.989. The highest BCUT2D eigenvalue weighted by Crippen LogP contribution is 1.66. The van der Waals surface area contributed by atoms with Gasteiger partial charge in [-0.15, -0.1) is 0 Å². The van der Waals surface area contributed by atoms with E-state index in [4.69, 9.17) is 5.84 Å². The fraction of sp³-hybridized carbons (Fsp3) is 1.00. The van der Waals surface area contributed by atoms with Crippen molar-refractivity contribution in [3.63, 3.8) is 0 Å². The van der Waals surface area contributed by atoms with E-state index < -0.39 is 0 Å². The lowest BCUT2D eigenvalue weighted by Crippen LogP contribution is -2.30. The molecular weight excluding hydrogens is 90.1 g/mol. The van der Waals surface area contributed by atoms with Crippen LogP contribution in [-0.4, -0.2) is 32.1 Å². The molecule has 0 aliphatic carbocycles. The van der Waals surface area contributed by atoms with Crippen LogP contribution in [0.3, 0.4) is 0 Å². The smallest absolute Gasteiger partial charge is 0.0225 e. The lowest BCUT2D eigenvalue weighted by Gasteiger charge is -2.06. The van der Waals surface area contributed by atoms with E-state index >= 15 is 0 Å². The summed E-state index contributed by atoms with van der Waals surface area (Å²) in [5.74, 6) is 5.00. The first-order chi connectivity index (χ1) is 3.27. The van der Waals surface area contributed by atoms with Crippen molar-refractivity contribution in [1.29, 1.82) is 0 Å². The molecule has 0 unspecified atom stereocenters. The molecule has 0 aliphatic rings. The van der Waals surface area contributed by atoms with Gasteiger partial charge in [0.15, 0.2) is 0 Å². The van der Waals surface area contributed by atoms with Crippen molar-refractivity contribution < 1.29 is 0 Å². The normalized spacial score (nSPS) is 10.3. The monoisotopic (exact) mass is 103 g/mol. The largest absolute Gasteiger partial charge is 0.308 e. The van der Waals surface area contributed by atoms with E-state index in [9.17, 15) is 0 Å². The molecule has 0 amide bonds. The topological polar surface area (TPSA) is 41.3 Å². The highest BCUT2D eigenvalue weighted by molar-refractivity contribution is 4.41. The second kappa shape index (κ2) is 4.05. The van der Waals surface area contributed by atoms with E-state index in [2.05, 4.69) is 10.3 Å². The minimum absolute atomic E-state index is 0.854. The standard InChI is InChI=1S/C4H13N3/c1-7(2)4-3-6-5/h6H,3-5H2,1-2H3. The molecule has 0 saturated heterocycles. The fourth-order valence-corrected chi connectivity index (χ4v) is 0.288. The summed E-state index contributed by atoms with van der Waals surface area (Å²) < 4.78 is 0. The average Bonchev–Trinajstić information content (AvgIpc) is 1.61. The lowest BCUT2D eigenvalue weighted by molar-refractivity contribution is 0.402. The van der Waals surface area contributed by atoms with Crippen molar-refractivity contribution in [2.75, 3.05) is 27.2 Å². The SMILES string of the molecule is CN(C)CCNN. The van der Waals surface area contributed by atoms with Crippen LogP contribution in [0.25, 0.3) is 0 Å². The molecule has 0 atom stereocenters. The van der Waals surface area contributed by atoms with Gasteiger partial charge < -0.3 is 4.90 Å². The summed E-state index contributed by atoms with van der Waals surface area (Å²) in [4.78, 5) is 2.07. The summed E-state index contributed by atoms with van der Waals surface area (Å²) in [7, 11) is 4.02. The van der Waals surface area contributed by atoms with E-state index in [1.165, 1.54) is 0 Å². The molecule has 0 spiro atoms. The van der Waals surface area contributed by atoms with E-state index in [1.807, 2.05) is 14.1 Å². The van der Waals surface area contributed by atoms with E-state index in [0.717, 1.165) is 13.1 Å². The average molecular weight is 103 g/mol. The molecule has 0 aliphatic heterocycles. The summed E-state index contributed by atoms with van der Waals surface area (Å²) in [6.07, 6.45) is 0. The minimum atomic E-state index is 0.854. The van der Waals surface area contributed by atoms with Gasteiger partial charge in [0, 0.05) is 13.1 Å². The van der Waals surface area contributed by atoms with Gasteiger partial charge >= 0.3 is 0 Å². The molecule has 0 rings (SSSR count). The summed E-state index contributed by atoms with van der Waals surface area (Å²) >= 11 is 0. The van der Waals surface area contributed by atoms with Gasteiger partial charge in [0.25, 0.3) is 0 Å². The third kappa shape index (κ3) is 5.88. The Kier molecular flexibility index (Phi) is 3.98. The summed E-state index contributed by atoms with van der Waals surface area (Å²) in [6, 6.07) is 0. The number of hydrogen-bond donors (Lipinski definition) is 2. The van der Waals surface area contributed by atoms with E-state index in [-0.39, 0.29) is 0 Å². The van der Waals surface area contributed by atoms with E-state index in [1.54, 1.807) is 0 Å². The first kappa shape index (κ1) is 6.88. The zero-order valence-corrected chi connectivity index (χ0v) is 4.94. The van der Waals surface area contributed by atoms with E-state index in [0.29, 0.717) is 0 Å². The Morgan fingerprint density at radius 2 is 2.14 bits per heavy atom. The molecule has 7 heavy (non-hydrogen) atoms. The maximum Gasteiger partial charge on any atom is 0.0225 e. The molecule has 0 aromatic heterocycles. The zero-order valence-electron chi connectivity index (χ0n) is 4.94. The number of hydrogen-bond acceptors (Lipinski definition) is 3. The molecule has 0 saturated carbocycles. The number of likely N-dealkylation sites (N-methyl/N-ethyl adjacent to an activating group) is 1. The van der Waals surface area contributed by atoms with Crippen LogP contribution < -0.4 is 11.3 Å². The van der Waals surface area contributed by atoms with Crippen molar-refractivity contribution >= 4 is 0 Å². The maximum atomic E-state index is 5.00. The van der Waals surface area contributed by atoms with Gasteiger partial charge in [-0.3, -0.25) is 11.3 Å². The summed E-state index contributed by atoms with van der Waals surface area (Å²) in [6.45, 7) is 1.85. The van der Waals surface area contributed by atoms with Crippen LogP contribution >= 0.6 is 0 Å². The molecule has 3 N–H and O–H groups in total. The number of nitrogens with one attached hydrogen (secondary N) is 1. The van der Waals surface area contributed by atoms with Crippen LogP contribution in [0.15, 0.2) is 0 Å². The maximum absolute atomic E-state index is 5.00. The van der Waals surface area contributed by atoms with Crippen LogP contribution in [0.4, 0.5) is 0 Å². The molecule has 0 radical (unpaired) electrons. The van der Waals surface area contributed by atoms with Crippen molar-refractivity contribution in [3.05, 3.63) is 0 Å². The number of hydrazine groups is 1. The molecule has 3 heteroatoms. The summed E-state index contributed by atoms with van der Waals surface area (Å²) in [5.41, 5.74) is 2.56. The highest BCUT2D eigenvalue weighted by Gasteiger charge is 1.83. The van der Waals surface area contributed by atoms with Gasteiger partial charge in [-0.05, 0) is 14.1 Å². The Balaban J connectivity index is 2.68. The molecule has 0 aromatic rings. The second-order valence-corrected chi connectivity index (χ2v) is 1.76. The first-order valence-corrected chi connectivity index (χ1v) is 2.35. The Labute approximate surface area is 44.5 Å². The van der Waals surface area contributed by atoms with Gasteiger partial charge in [-0.25, -0.2) is 0 Å². The number of nitrogens with two attached hydrogens (primary N) is 1.